The fourth-order valence-corrected chi connectivity index (χ4v) is 3.96. The second-order valence-electron chi connectivity index (χ2n) is 6.07. The summed E-state index contributed by atoms with van der Waals surface area (Å²) in [6.45, 7) is 7.15. The summed E-state index contributed by atoms with van der Waals surface area (Å²) in [7, 11) is 0. The standard InChI is InChI=1S/C20H21ClFN3OS.ClH/c1-3-24(4-2)12-13-25(19(26)14-8-10-15(21)11-9-14)20-23-18-16(22)6-5-7-17(18)27-20;/h5-11H,3-4,12-13H2,1-2H3;1H. The minimum absolute atomic E-state index is 0. The lowest BCUT2D eigenvalue weighted by atomic mass is 10.2. The molecule has 0 bridgehead atoms. The highest BCUT2D eigenvalue weighted by Crippen LogP contribution is 2.31. The molecule has 0 aliphatic carbocycles. The van der Waals surface area contributed by atoms with Crippen molar-refractivity contribution in [2.75, 3.05) is 31.1 Å². The van der Waals surface area contributed by atoms with Crippen LogP contribution in [0, 0.1) is 5.82 Å². The number of para-hydroxylation sites is 1. The van der Waals surface area contributed by atoms with Gasteiger partial charge in [-0.3, -0.25) is 9.69 Å². The minimum atomic E-state index is -0.377. The first-order valence-electron chi connectivity index (χ1n) is 8.88. The van der Waals surface area contributed by atoms with Crippen LogP contribution in [0.4, 0.5) is 9.52 Å². The smallest absolute Gasteiger partial charge is 0.260 e. The van der Waals surface area contributed by atoms with Crippen LogP contribution in [0.15, 0.2) is 42.5 Å². The Morgan fingerprint density at radius 2 is 1.79 bits per heavy atom. The highest BCUT2D eigenvalue weighted by atomic mass is 35.5. The van der Waals surface area contributed by atoms with E-state index < -0.39 is 0 Å². The molecule has 2 aromatic carbocycles. The van der Waals surface area contributed by atoms with Crippen molar-refractivity contribution < 1.29 is 9.18 Å². The number of nitrogens with zero attached hydrogens (tertiary/aromatic N) is 3. The van der Waals surface area contributed by atoms with Gasteiger partial charge in [-0.25, -0.2) is 9.37 Å². The average molecular weight is 442 g/mol. The zero-order valence-electron chi connectivity index (χ0n) is 15.7. The summed E-state index contributed by atoms with van der Waals surface area (Å²) >= 11 is 7.26. The number of halogens is 3. The topological polar surface area (TPSA) is 36.4 Å². The van der Waals surface area contributed by atoms with E-state index in [1.54, 1.807) is 35.2 Å². The van der Waals surface area contributed by atoms with E-state index in [2.05, 4.69) is 23.7 Å². The predicted molar refractivity (Wildman–Crippen MR) is 118 cm³/mol. The van der Waals surface area contributed by atoms with Crippen LogP contribution in [-0.4, -0.2) is 42.0 Å². The van der Waals surface area contributed by atoms with Gasteiger partial charge in [0.1, 0.15) is 11.3 Å². The first-order chi connectivity index (χ1) is 13.0. The SMILES string of the molecule is CCN(CC)CCN(C(=O)c1ccc(Cl)cc1)c1nc2c(F)cccc2s1.Cl. The third-order valence-electron chi connectivity index (χ3n) is 4.46. The number of carbonyl (C=O) groups is 1. The Bertz CT molecular complexity index is 929. The van der Waals surface area contributed by atoms with Crippen molar-refractivity contribution in [3.8, 4) is 0 Å². The molecule has 1 aromatic heterocycles. The average Bonchev–Trinajstić information content (AvgIpc) is 3.11. The Labute approximate surface area is 179 Å². The predicted octanol–water partition coefficient (Wildman–Crippen LogP) is 5.50. The zero-order valence-corrected chi connectivity index (χ0v) is 18.1. The molecule has 150 valence electrons. The number of hydrogen-bond donors (Lipinski definition) is 0. The van der Waals surface area contributed by atoms with Gasteiger partial charge in [0.2, 0.25) is 0 Å². The van der Waals surface area contributed by atoms with E-state index in [0.29, 0.717) is 34.3 Å². The molecule has 0 saturated heterocycles. The third-order valence-corrected chi connectivity index (χ3v) is 5.76. The lowest BCUT2D eigenvalue weighted by molar-refractivity contribution is 0.0984. The van der Waals surface area contributed by atoms with Gasteiger partial charge in [-0.05, 0) is 49.5 Å². The van der Waals surface area contributed by atoms with Crippen molar-refractivity contribution in [1.82, 2.24) is 9.88 Å². The maximum atomic E-state index is 14.1. The van der Waals surface area contributed by atoms with E-state index in [1.165, 1.54) is 17.4 Å². The van der Waals surface area contributed by atoms with Crippen molar-refractivity contribution in [1.29, 1.82) is 0 Å². The number of carbonyl (C=O) groups excluding carboxylic acids is 1. The Kier molecular flexibility index (Phi) is 8.19. The lowest BCUT2D eigenvalue weighted by Crippen LogP contribution is -2.38. The molecule has 28 heavy (non-hydrogen) atoms. The van der Waals surface area contributed by atoms with Crippen LogP contribution in [-0.2, 0) is 0 Å². The first-order valence-corrected chi connectivity index (χ1v) is 10.1. The number of fused-ring (bicyclic) bond motifs is 1. The van der Waals surface area contributed by atoms with Gasteiger partial charge in [0.15, 0.2) is 5.13 Å². The van der Waals surface area contributed by atoms with Gasteiger partial charge in [0.05, 0.1) is 4.70 Å². The number of benzene rings is 2. The summed E-state index contributed by atoms with van der Waals surface area (Å²) in [5.41, 5.74) is 0.827. The number of rotatable bonds is 7. The number of likely N-dealkylation sites (N-methyl/N-ethyl adjacent to an activating group) is 1. The van der Waals surface area contributed by atoms with Crippen LogP contribution < -0.4 is 4.90 Å². The fourth-order valence-electron chi connectivity index (χ4n) is 2.83. The highest BCUT2D eigenvalue weighted by Gasteiger charge is 2.22. The molecule has 4 nitrogen and oxygen atoms in total. The summed E-state index contributed by atoms with van der Waals surface area (Å²) in [5.74, 6) is -0.545. The van der Waals surface area contributed by atoms with Gasteiger partial charge >= 0.3 is 0 Å². The molecule has 1 heterocycles. The molecule has 0 atom stereocenters. The van der Waals surface area contributed by atoms with E-state index in [4.69, 9.17) is 11.6 Å². The van der Waals surface area contributed by atoms with Crippen molar-refractivity contribution in [2.45, 2.75) is 13.8 Å². The van der Waals surface area contributed by atoms with Gasteiger partial charge < -0.3 is 4.90 Å². The largest absolute Gasteiger partial charge is 0.302 e. The summed E-state index contributed by atoms with van der Waals surface area (Å²) < 4.78 is 14.8. The van der Waals surface area contributed by atoms with Crippen LogP contribution >= 0.6 is 35.3 Å². The molecular weight excluding hydrogens is 420 g/mol. The first kappa shape index (κ1) is 22.6. The Morgan fingerprint density at radius 1 is 1.11 bits per heavy atom. The molecule has 0 fully saturated rings. The number of hydrogen-bond acceptors (Lipinski definition) is 4. The summed E-state index contributed by atoms with van der Waals surface area (Å²) in [6.07, 6.45) is 0. The van der Waals surface area contributed by atoms with Crippen molar-refractivity contribution in [2.24, 2.45) is 0 Å². The van der Waals surface area contributed by atoms with Crippen molar-refractivity contribution in [3.05, 3.63) is 58.9 Å². The van der Waals surface area contributed by atoms with Gasteiger partial charge in [-0.2, -0.15) is 0 Å². The molecule has 0 aliphatic rings. The second kappa shape index (κ2) is 10.2. The third kappa shape index (κ3) is 5.00. The summed E-state index contributed by atoms with van der Waals surface area (Å²) in [5, 5.41) is 1.07. The summed E-state index contributed by atoms with van der Waals surface area (Å²) in [6, 6.07) is 11.6. The molecule has 0 radical (unpaired) electrons. The van der Waals surface area contributed by atoms with Gasteiger partial charge in [0, 0.05) is 23.7 Å². The van der Waals surface area contributed by atoms with Gasteiger partial charge in [-0.1, -0.05) is 42.9 Å². The quantitative estimate of drug-likeness (QED) is 0.485. The molecule has 0 saturated carbocycles. The van der Waals surface area contributed by atoms with Gasteiger partial charge in [0.25, 0.3) is 5.91 Å². The molecular formula is C20H22Cl2FN3OS. The number of thiazole rings is 1. The van der Waals surface area contributed by atoms with E-state index in [-0.39, 0.29) is 24.1 Å². The molecule has 1 amide bonds. The fraction of sp³-hybridized carbons (Fsp3) is 0.300. The Morgan fingerprint density at radius 3 is 2.39 bits per heavy atom. The number of amides is 1. The van der Waals surface area contributed by atoms with E-state index in [9.17, 15) is 9.18 Å². The van der Waals surface area contributed by atoms with Crippen LogP contribution in [0.5, 0.6) is 0 Å². The normalized spacial score (nSPS) is 10.9. The van der Waals surface area contributed by atoms with Crippen LogP contribution in [0.25, 0.3) is 10.2 Å². The minimum Gasteiger partial charge on any atom is -0.302 e. The molecule has 0 N–H and O–H groups in total. The number of anilines is 1. The monoisotopic (exact) mass is 441 g/mol. The van der Waals surface area contributed by atoms with Crippen LogP contribution in [0.2, 0.25) is 5.02 Å². The molecule has 3 rings (SSSR count). The Balaban J connectivity index is 0.00000280. The zero-order chi connectivity index (χ0) is 19.4. The maximum Gasteiger partial charge on any atom is 0.260 e. The molecule has 0 aliphatic heterocycles. The van der Waals surface area contributed by atoms with E-state index in [1.807, 2.05) is 6.07 Å². The molecule has 0 spiro atoms. The highest BCUT2D eigenvalue weighted by molar-refractivity contribution is 7.22. The van der Waals surface area contributed by atoms with E-state index in [0.717, 1.165) is 17.8 Å². The summed E-state index contributed by atoms with van der Waals surface area (Å²) in [4.78, 5) is 21.4. The maximum absolute atomic E-state index is 14.1. The Hall–Kier alpha value is -1.73. The molecule has 0 unspecified atom stereocenters. The number of aromatic nitrogens is 1. The molecule has 3 aromatic rings. The molecule has 8 heteroatoms. The second-order valence-corrected chi connectivity index (χ2v) is 7.52. The van der Waals surface area contributed by atoms with Gasteiger partial charge in [-0.15, -0.1) is 12.4 Å². The lowest BCUT2D eigenvalue weighted by Gasteiger charge is -2.24. The van der Waals surface area contributed by atoms with Crippen LogP contribution in [0.3, 0.4) is 0 Å². The van der Waals surface area contributed by atoms with E-state index >= 15 is 0 Å². The van der Waals surface area contributed by atoms with Crippen molar-refractivity contribution >= 4 is 56.6 Å². The van der Waals surface area contributed by atoms with Crippen LogP contribution in [0.1, 0.15) is 24.2 Å². The van der Waals surface area contributed by atoms with Crippen molar-refractivity contribution in [3.63, 3.8) is 0 Å².